The van der Waals surface area contributed by atoms with Crippen molar-refractivity contribution in [1.82, 2.24) is 4.98 Å². The van der Waals surface area contributed by atoms with Gasteiger partial charge in [0.05, 0.1) is 5.69 Å². The second-order valence-corrected chi connectivity index (χ2v) is 8.64. The van der Waals surface area contributed by atoms with Gasteiger partial charge in [0.1, 0.15) is 0 Å². The quantitative estimate of drug-likeness (QED) is 0.499. The van der Waals surface area contributed by atoms with Crippen molar-refractivity contribution < 1.29 is 0 Å². The molecular formula is C23H27N. The second-order valence-electron chi connectivity index (χ2n) is 8.64. The highest BCUT2D eigenvalue weighted by molar-refractivity contribution is 5.96. The molecule has 0 saturated carbocycles. The summed E-state index contributed by atoms with van der Waals surface area (Å²) in [5.74, 6) is 0. The van der Waals surface area contributed by atoms with Crippen LogP contribution in [0.3, 0.4) is 0 Å². The Morgan fingerprint density at radius 1 is 0.667 bits per heavy atom. The predicted molar refractivity (Wildman–Crippen MR) is 105 cm³/mol. The zero-order valence-electron chi connectivity index (χ0n) is 15.6. The van der Waals surface area contributed by atoms with E-state index in [1.54, 1.807) is 0 Å². The van der Waals surface area contributed by atoms with E-state index in [9.17, 15) is 0 Å². The lowest BCUT2D eigenvalue weighted by Crippen LogP contribution is -2.12. The Balaban J connectivity index is 2.18. The van der Waals surface area contributed by atoms with Crippen LogP contribution < -0.4 is 0 Å². The Bertz CT molecular complexity index is 859. The van der Waals surface area contributed by atoms with Crippen molar-refractivity contribution in [1.29, 1.82) is 0 Å². The van der Waals surface area contributed by atoms with Gasteiger partial charge in [-0.1, -0.05) is 90.1 Å². The summed E-state index contributed by atoms with van der Waals surface area (Å²) < 4.78 is 0. The molecule has 1 heteroatoms. The summed E-state index contributed by atoms with van der Waals surface area (Å²) in [6.07, 6.45) is 2.05. The number of pyridine rings is 1. The van der Waals surface area contributed by atoms with Crippen molar-refractivity contribution in [3.05, 3.63) is 65.9 Å². The molecular weight excluding hydrogens is 290 g/mol. The highest BCUT2D eigenvalue weighted by Gasteiger charge is 2.19. The number of rotatable bonds is 1. The molecule has 0 fully saturated rings. The third-order valence-electron chi connectivity index (χ3n) is 4.63. The number of hydrogen-bond donors (Lipinski definition) is 0. The number of aromatic nitrogens is 1. The van der Waals surface area contributed by atoms with Crippen LogP contribution in [0, 0.1) is 0 Å². The molecule has 0 aliphatic carbocycles. The van der Waals surface area contributed by atoms with E-state index >= 15 is 0 Å². The van der Waals surface area contributed by atoms with Gasteiger partial charge in [-0.2, -0.15) is 0 Å². The van der Waals surface area contributed by atoms with E-state index in [0.29, 0.717) is 0 Å². The van der Waals surface area contributed by atoms with Gasteiger partial charge in [0, 0.05) is 17.1 Å². The molecule has 0 saturated heterocycles. The maximum absolute atomic E-state index is 4.84. The van der Waals surface area contributed by atoms with Gasteiger partial charge >= 0.3 is 0 Å². The van der Waals surface area contributed by atoms with Crippen LogP contribution in [0.5, 0.6) is 0 Å². The summed E-state index contributed by atoms with van der Waals surface area (Å²) >= 11 is 0. The molecule has 1 heterocycles. The average Bonchev–Trinajstić information content (AvgIpc) is 2.52. The van der Waals surface area contributed by atoms with Gasteiger partial charge in [-0.3, -0.25) is 4.98 Å². The lowest BCUT2D eigenvalue weighted by molar-refractivity contribution is 0.590. The molecule has 24 heavy (non-hydrogen) atoms. The third kappa shape index (κ3) is 3.08. The van der Waals surface area contributed by atoms with Gasteiger partial charge in [-0.25, -0.2) is 0 Å². The van der Waals surface area contributed by atoms with Crippen LogP contribution in [0.2, 0.25) is 0 Å². The topological polar surface area (TPSA) is 12.9 Å². The fourth-order valence-electron chi connectivity index (χ4n) is 3.15. The van der Waals surface area contributed by atoms with Crippen molar-refractivity contribution in [2.75, 3.05) is 0 Å². The Morgan fingerprint density at radius 2 is 1.25 bits per heavy atom. The fraction of sp³-hybridized carbons (Fsp3) is 0.348. The molecule has 0 spiro atoms. The smallest absolute Gasteiger partial charge is 0.0780 e. The molecule has 1 nitrogen and oxygen atoms in total. The molecule has 0 radical (unpaired) electrons. The second kappa shape index (κ2) is 5.73. The molecule has 0 bridgehead atoms. The van der Waals surface area contributed by atoms with Crippen LogP contribution in [0.15, 0.2) is 54.7 Å². The Hall–Kier alpha value is -2.15. The van der Waals surface area contributed by atoms with Crippen LogP contribution in [0.1, 0.15) is 52.7 Å². The third-order valence-corrected chi connectivity index (χ3v) is 4.63. The van der Waals surface area contributed by atoms with Gasteiger partial charge in [-0.05, 0) is 27.3 Å². The first-order valence-electron chi connectivity index (χ1n) is 8.67. The van der Waals surface area contributed by atoms with Gasteiger partial charge in [-0.15, -0.1) is 0 Å². The van der Waals surface area contributed by atoms with Crippen molar-refractivity contribution >= 4 is 10.8 Å². The monoisotopic (exact) mass is 317 g/mol. The van der Waals surface area contributed by atoms with E-state index in [1.165, 1.54) is 27.5 Å². The zero-order chi connectivity index (χ0) is 17.5. The SMILES string of the molecule is CC(C)(C)c1ccc(-c2ncc(C(C)(C)C)c3ccccc23)cc1. The van der Waals surface area contributed by atoms with E-state index in [0.717, 1.165) is 5.69 Å². The highest BCUT2D eigenvalue weighted by atomic mass is 14.7. The van der Waals surface area contributed by atoms with Gasteiger partial charge in [0.25, 0.3) is 0 Å². The molecule has 0 amide bonds. The van der Waals surface area contributed by atoms with Crippen LogP contribution in [-0.2, 0) is 10.8 Å². The molecule has 0 unspecified atom stereocenters. The standard InChI is InChI=1S/C23H27N/c1-22(2,3)17-13-11-16(12-14-17)21-19-10-8-7-9-18(19)20(15-24-21)23(4,5)6/h7-15H,1-6H3. The molecule has 2 aromatic carbocycles. The van der Waals surface area contributed by atoms with Crippen molar-refractivity contribution in [3.63, 3.8) is 0 Å². The van der Waals surface area contributed by atoms with Gasteiger partial charge in [0.2, 0.25) is 0 Å². The Morgan fingerprint density at radius 3 is 1.79 bits per heavy atom. The summed E-state index contributed by atoms with van der Waals surface area (Å²) in [6.45, 7) is 13.5. The number of nitrogens with zero attached hydrogens (tertiary/aromatic N) is 1. The maximum Gasteiger partial charge on any atom is 0.0780 e. The summed E-state index contributed by atoms with van der Waals surface area (Å²) in [5, 5.41) is 2.53. The predicted octanol–water partition coefficient (Wildman–Crippen LogP) is 6.50. The largest absolute Gasteiger partial charge is 0.255 e. The van der Waals surface area contributed by atoms with Crippen molar-refractivity contribution in [3.8, 4) is 11.3 Å². The summed E-state index contributed by atoms with van der Waals surface area (Å²) in [4.78, 5) is 4.84. The van der Waals surface area contributed by atoms with E-state index in [2.05, 4.69) is 96.3 Å². The summed E-state index contributed by atoms with van der Waals surface area (Å²) in [5.41, 5.74) is 5.15. The lowest BCUT2D eigenvalue weighted by Gasteiger charge is -2.22. The molecule has 1 aromatic heterocycles. The van der Waals surface area contributed by atoms with E-state index < -0.39 is 0 Å². The van der Waals surface area contributed by atoms with E-state index in [1.807, 2.05) is 0 Å². The highest BCUT2D eigenvalue weighted by Crippen LogP contribution is 2.34. The number of hydrogen-bond acceptors (Lipinski definition) is 1. The molecule has 3 rings (SSSR count). The molecule has 0 N–H and O–H groups in total. The van der Waals surface area contributed by atoms with Gasteiger partial charge in [0.15, 0.2) is 0 Å². The van der Waals surface area contributed by atoms with Crippen LogP contribution in [0.4, 0.5) is 0 Å². The Kier molecular flexibility index (Phi) is 3.99. The molecule has 124 valence electrons. The minimum atomic E-state index is 0.0845. The number of benzene rings is 2. The normalized spacial score (nSPS) is 12.6. The summed E-state index contributed by atoms with van der Waals surface area (Å²) in [6, 6.07) is 17.5. The van der Waals surface area contributed by atoms with Gasteiger partial charge < -0.3 is 0 Å². The molecule has 3 aromatic rings. The maximum atomic E-state index is 4.84. The molecule has 0 aliphatic rings. The Labute approximate surface area is 145 Å². The van der Waals surface area contributed by atoms with Crippen molar-refractivity contribution in [2.24, 2.45) is 0 Å². The minimum Gasteiger partial charge on any atom is -0.255 e. The zero-order valence-corrected chi connectivity index (χ0v) is 15.6. The fourth-order valence-corrected chi connectivity index (χ4v) is 3.15. The molecule has 0 aliphatic heterocycles. The first-order chi connectivity index (χ1) is 11.2. The average molecular weight is 317 g/mol. The van der Waals surface area contributed by atoms with Crippen LogP contribution in [0.25, 0.3) is 22.0 Å². The summed E-state index contributed by atoms with van der Waals surface area (Å²) in [7, 11) is 0. The van der Waals surface area contributed by atoms with E-state index in [4.69, 9.17) is 4.98 Å². The molecule has 0 atom stereocenters. The lowest BCUT2D eigenvalue weighted by atomic mass is 9.84. The number of fused-ring (bicyclic) bond motifs is 1. The van der Waals surface area contributed by atoms with Crippen LogP contribution >= 0.6 is 0 Å². The van der Waals surface area contributed by atoms with E-state index in [-0.39, 0.29) is 10.8 Å². The minimum absolute atomic E-state index is 0.0845. The van der Waals surface area contributed by atoms with Crippen LogP contribution in [-0.4, -0.2) is 4.98 Å². The van der Waals surface area contributed by atoms with Crippen molar-refractivity contribution in [2.45, 2.75) is 52.4 Å². The first-order valence-corrected chi connectivity index (χ1v) is 8.67. The first kappa shape index (κ1) is 16.7.